The quantitative estimate of drug-likeness (QED) is 0.695. The van der Waals surface area contributed by atoms with Crippen LogP contribution in [0.3, 0.4) is 0 Å². The summed E-state index contributed by atoms with van der Waals surface area (Å²) in [6, 6.07) is 9.18. The van der Waals surface area contributed by atoms with Crippen LogP contribution in [0.15, 0.2) is 35.7 Å². The van der Waals surface area contributed by atoms with Gasteiger partial charge in [-0.3, -0.25) is 9.59 Å². The molecule has 0 N–H and O–H groups in total. The fourth-order valence-electron chi connectivity index (χ4n) is 2.54. The summed E-state index contributed by atoms with van der Waals surface area (Å²) < 4.78 is 31.2. The lowest BCUT2D eigenvalue weighted by molar-refractivity contribution is -0.155. The lowest BCUT2D eigenvalue weighted by Crippen LogP contribution is -2.40. The lowest BCUT2D eigenvalue weighted by atomic mass is 9.98. The third kappa shape index (κ3) is 5.67. The van der Waals surface area contributed by atoms with Crippen molar-refractivity contribution in [1.29, 1.82) is 0 Å². The number of piperidine rings is 1. The van der Waals surface area contributed by atoms with Crippen molar-refractivity contribution in [3.63, 3.8) is 0 Å². The third-order valence-corrected chi connectivity index (χ3v) is 5.78. The van der Waals surface area contributed by atoms with Gasteiger partial charge in [0.15, 0.2) is 6.61 Å². The Kier molecular flexibility index (Phi) is 6.93. The van der Waals surface area contributed by atoms with E-state index in [1.807, 2.05) is 30.3 Å². The van der Waals surface area contributed by atoms with Gasteiger partial charge in [0, 0.05) is 32.6 Å². The number of ether oxygens (including phenoxy) is 1. The standard InChI is InChI=1S/C18H24N2O5S/c1-19(2)17(21)14-25-18(22)16-8-11-20(12-9-16)26(23,24)13-10-15-6-4-3-5-7-15/h3-7,10,13,16H,8-9,11-12,14H2,1-2H3/b13-10+. The summed E-state index contributed by atoms with van der Waals surface area (Å²) in [5, 5.41) is 1.19. The van der Waals surface area contributed by atoms with Crippen LogP contribution in [0.5, 0.6) is 0 Å². The van der Waals surface area contributed by atoms with Crippen molar-refractivity contribution in [3.8, 4) is 0 Å². The predicted molar refractivity (Wildman–Crippen MR) is 98.3 cm³/mol. The van der Waals surface area contributed by atoms with Crippen LogP contribution in [0.2, 0.25) is 0 Å². The summed E-state index contributed by atoms with van der Waals surface area (Å²) in [5.41, 5.74) is 0.806. The summed E-state index contributed by atoms with van der Waals surface area (Å²) >= 11 is 0. The minimum absolute atomic E-state index is 0.253. The monoisotopic (exact) mass is 380 g/mol. The molecule has 2 rings (SSSR count). The molecule has 1 amide bonds. The minimum Gasteiger partial charge on any atom is -0.455 e. The largest absolute Gasteiger partial charge is 0.455 e. The number of rotatable bonds is 6. The number of benzene rings is 1. The molecule has 26 heavy (non-hydrogen) atoms. The molecule has 0 saturated carbocycles. The van der Waals surface area contributed by atoms with Crippen LogP contribution in [0.1, 0.15) is 18.4 Å². The van der Waals surface area contributed by atoms with E-state index < -0.39 is 16.0 Å². The van der Waals surface area contributed by atoms with Crippen molar-refractivity contribution in [2.24, 2.45) is 5.92 Å². The van der Waals surface area contributed by atoms with Gasteiger partial charge >= 0.3 is 5.97 Å². The number of amides is 1. The normalized spacial score (nSPS) is 16.5. The maximum Gasteiger partial charge on any atom is 0.309 e. The first kappa shape index (κ1) is 20.1. The maximum atomic E-state index is 12.4. The van der Waals surface area contributed by atoms with E-state index in [4.69, 9.17) is 4.74 Å². The topological polar surface area (TPSA) is 84.0 Å². The highest BCUT2D eigenvalue weighted by Crippen LogP contribution is 2.22. The molecule has 0 radical (unpaired) electrons. The highest BCUT2D eigenvalue weighted by Gasteiger charge is 2.31. The molecule has 1 aromatic carbocycles. The molecule has 8 heteroatoms. The molecule has 0 atom stereocenters. The van der Waals surface area contributed by atoms with Gasteiger partial charge in [-0.25, -0.2) is 8.42 Å². The van der Waals surface area contributed by atoms with Crippen molar-refractivity contribution in [2.75, 3.05) is 33.8 Å². The lowest BCUT2D eigenvalue weighted by Gasteiger charge is -2.29. The van der Waals surface area contributed by atoms with E-state index in [1.165, 1.54) is 14.6 Å². The summed E-state index contributed by atoms with van der Waals surface area (Å²) in [7, 11) is -0.356. The molecule has 0 aliphatic carbocycles. The number of nitrogens with zero attached hydrogens (tertiary/aromatic N) is 2. The van der Waals surface area contributed by atoms with Gasteiger partial charge in [0.25, 0.3) is 5.91 Å². The Morgan fingerprint density at radius 3 is 2.38 bits per heavy atom. The van der Waals surface area contributed by atoms with Gasteiger partial charge in [0.05, 0.1) is 5.92 Å². The molecule has 0 unspecified atom stereocenters. The molecule has 1 aliphatic rings. The fraction of sp³-hybridized carbons (Fsp3) is 0.444. The highest BCUT2D eigenvalue weighted by molar-refractivity contribution is 7.92. The number of carbonyl (C=O) groups excluding carboxylic acids is 2. The molecule has 0 spiro atoms. The van der Waals surface area contributed by atoms with Crippen LogP contribution < -0.4 is 0 Å². The molecule has 1 heterocycles. The van der Waals surface area contributed by atoms with E-state index >= 15 is 0 Å². The van der Waals surface area contributed by atoms with E-state index in [-0.39, 0.29) is 31.5 Å². The average molecular weight is 380 g/mol. The van der Waals surface area contributed by atoms with Gasteiger partial charge in [-0.15, -0.1) is 0 Å². The van der Waals surface area contributed by atoms with Gasteiger partial charge in [-0.1, -0.05) is 30.3 Å². The number of sulfonamides is 1. The molecular weight excluding hydrogens is 356 g/mol. The van der Waals surface area contributed by atoms with Crippen LogP contribution in [0.4, 0.5) is 0 Å². The molecule has 7 nitrogen and oxygen atoms in total. The molecular formula is C18H24N2O5S. The molecule has 1 saturated heterocycles. The van der Waals surface area contributed by atoms with Crippen LogP contribution >= 0.6 is 0 Å². The molecule has 0 bridgehead atoms. The van der Waals surface area contributed by atoms with Gasteiger partial charge in [0.1, 0.15) is 0 Å². The first-order valence-electron chi connectivity index (χ1n) is 8.39. The van der Waals surface area contributed by atoms with Gasteiger partial charge in [-0.2, -0.15) is 4.31 Å². The van der Waals surface area contributed by atoms with E-state index in [2.05, 4.69) is 0 Å². The van der Waals surface area contributed by atoms with Crippen LogP contribution in [0, 0.1) is 5.92 Å². The fourth-order valence-corrected chi connectivity index (χ4v) is 3.76. The SMILES string of the molecule is CN(C)C(=O)COC(=O)C1CCN(S(=O)(=O)/C=C/c2ccccc2)CC1. The first-order valence-corrected chi connectivity index (χ1v) is 9.90. The van der Waals surface area contributed by atoms with Crippen molar-refractivity contribution >= 4 is 28.0 Å². The van der Waals surface area contributed by atoms with Crippen molar-refractivity contribution in [1.82, 2.24) is 9.21 Å². The van der Waals surface area contributed by atoms with E-state index in [0.29, 0.717) is 12.8 Å². The van der Waals surface area contributed by atoms with E-state index in [9.17, 15) is 18.0 Å². The second-order valence-corrected chi connectivity index (χ2v) is 8.15. The number of esters is 1. The Bertz CT molecular complexity index is 751. The molecule has 1 aliphatic heterocycles. The number of hydrogen-bond donors (Lipinski definition) is 0. The Morgan fingerprint density at radius 1 is 1.19 bits per heavy atom. The second kappa shape index (κ2) is 8.95. The maximum absolute atomic E-state index is 12.4. The van der Waals surface area contributed by atoms with Gasteiger partial charge in [0.2, 0.25) is 10.0 Å². The van der Waals surface area contributed by atoms with Crippen LogP contribution in [-0.4, -0.2) is 63.3 Å². The number of carbonyl (C=O) groups is 2. The van der Waals surface area contributed by atoms with E-state index in [0.717, 1.165) is 5.56 Å². The van der Waals surface area contributed by atoms with Crippen LogP contribution in [-0.2, 0) is 24.3 Å². The first-order chi connectivity index (χ1) is 12.3. The predicted octanol–water partition coefficient (Wildman–Crippen LogP) is 1.33. The Hall–Kier alpha value is -2.19. The summed E-state index contributed by atoms with van der Waals surface area (Å²) in [5.74, 6) is -1.11. The zero-order chi connectivity index (χ0) is 19.2. The molecule has 1 aromatic rings. The summed E-state index contributed by atoms with van der Waals surface area (Å²) in [4.78, 5) is 24.8. The van der Waals surface area contributed by atoms with Crippen LogP contribution in [0.25, 0.3) is 6.08 Å². The van der Waals surface area contributed by atoms with E-state index in [1.54, 1.807) is 20.2 Å². The Labute approximate surface area is 154 Å². The molecule has 142 valence electrons. The Balaban J connectivity index is 1.86. The van der Waals surface area contributed by atoms with Crippen molar-refractivity contribution in [3.05, 3.63) is 41.3 Å². The second-order valence-electron chi connectivity index (χ2n) is 6.33. The van der Waals surface area contributed by atoms with Gasteiger partial charge in [-0.05, 0) is 24.5 Å². The van der Waals surface area contributed by atoms with Crippen molar-refractivity contribution in [2.45, 2.75) is 12.8 Å². The molecule has 0 aromatic heterocycles. The minimum atomic E-state index is -3.53. The Morgan fingerprint density at radius 2 is 1.81 bits per heavy atom. The summed E-state index contributed by atoms with van der Waals surface area (Å²) in [6.45, 7) is 0.218. The smallest absolute Gasteiger partial charge is 0.309 e. The number of hydrogen-bond acceptors (Lipinski definition) is 5. The number of likely N-dealkylation sites (N-methyl/N-ethyl adjacent to an activating group) is 1. The average Bonchev–Trinajstić information content (AvgIpc) is 2.65. The summed E-state index contributed by atoms with van der Waals surface area (Å²) in [6.07, 6.45) is 2.32. The highest BCUT2D eigenvalue weighted by atomic mass is 32.2. The van der Waals surface area contributed by atoms with Crippen molar-refractivity contribution < 1.29 is 22.7 Å². The third-order valence-electron chi connectivity index (χ3n) is 4.22. The zero-order valence-electron chi connectivity index (χ0n) is 15.0. The zero-order valence-corrected chi connectivity index (χ0v) is 15.8. The molecule has 1 fully saturated rings. The van der Waals surface area contributed by atoms with Gasteiger partial charge < -0.3 is 9.64 Å².